The summed E-state index contributed by atoms with van der Waals surface area (Å²) in [6.45, 7) is 0. The van der Waals surface area contributed by atoms with Crippen molar-refractivity contribution in [3.05, 3.63) is 237 Å². The fraction of sp³-hybridized carbons (Fsp3) is 0. The van der Waals surface area contributed by atoms with E-state index in [1.165, 1.54) is 98.8 Å². The molecular weight excluding hydrogens is 763 g/mol. The summed E-state index contributed by atoms with van der Waals surface area (Å²) in [6.07, 6.45) is 0. The first-order chi connectivity index (χ1) is 31.2. The smallest absolute Gasteiger partial charge is 0.0541 e. The summed E-state index contributed by atoms with van der Waals surface area (Å²) in [5.41, 5.74) is 17.9. The highest BCUT2D eigenvalue weighted by atomic mass is 15.0. The Morgan fingerprint density at radius 1 is 0.175 bits per heavy atom. The van der Waals surface area contributed by atoms with Crippen LogP contribution < -0.4 is 0 Å². The van der Waals surface area contributed by atoms with Gasteiger partial charge in [0.2, 0.25) is 0 Å². The fourth-order valence-electron chi connectivity index (χ4n) is 10.1. The van der Waals surface area contributed by atoms with E-state index in [1.807, 2.05) is 0 Å². The van der Waals surface area contributed by atoms with Gasteiger partial charge in [0.15, 0.2) is 0 Å². The second-order valence-corrected chi connectivity index (χ2v) is 16.5. The predicted molar refractivity (Wildman–Crippen MR) is 266 cm³/mol. The summed E-state index contributed by atoms with van der Waals surface area (Å²) in [6, 6.07) is 86.4. The third kappa shape index (κ3) is 5.60. The Hall–Kier alpha value is -8.40. The number of rotatable bonds is 6. The van der Waals surface area contributed by atoms with Crippen molar-refractivity contribution >= 4 is 65.4 Å². The van der Waals surface area contributed by atoms with Crippen LogP contribution in [0.3, 0.4) is 0 Å². The third-order valence-corrected chi connectivity index (χ3v) is 13.1. The molecule has 3 aromatic heterocycles. The van der Waals surface area contributed by atoms with Gasteiger partial charge in [-0.05, 0) is 118 Å². The summed E-state index contributed by atoms with van der Waals surface area (Å²) in [5, 5.41) is 7.54. The molecule has 0 spiro atoms. The minimum atomic E-state index is 1.14. The number of aromatic nitrogens is 3. The van der Waals surface area contributed by atoms with Crippen molar-refractivity contribution in [1.82, 2.24) is 13.7 Å². The third-order valence-electron chi connectivity index (χ3n) is 13.1. The Kier molecular flexibility index (Phi) is 7.91. The van der Waals surface area contributed by atoms with Crippen LogP contribution in [0.4, 0.5) is 0 Å². The lowest BCUT2D eigenvalue weighted by molar-refractivity contribution is 1.18. The molecule has 0 radical (unpaired) electrons. The molecule has 0 saturated heterocycles. The maximum absolute atomic E-state index is 2.42. The molecule has 3 heterocycles. The van der Waals surface area contributed by atoms with E-state index in [9.17, 15) is 0 Å². The molecule has 0 bridgehead atoms. The van der Waals surface area contributed by atoms with Gasteiger partial charge >= 0.3 is 0 Å². The van der Waals surface area contributed by atoms with E-state index in [0.29, 0.717) is 0 Å². The zero-order valence-electron chi connectivity index (χ0n) is 34.4. The van der Waals surface area contributed by atoms with Gasteiger partial charge in [0.05, 0.1) is 33.1 Å². The van der Waals surface area contributed by atoms with Crippen molar-refractivity contribution in [2.75, 3.05) is 0 Å². The van der Waals surface area contributed by atoms with Crippen LogP contribution in [0.25, 0.3) is 116 Å². The molecule has 0 fully saturated rings. The fourth-order valence-corrected chi connectivity index (χ4v) is 10.1. The lowest BCUT2D eigenvalue weighted by atomic mass is 10.00. The van der Waals surface area contributed by atoms with Crippen molar-refractivity contribution in [1.29, 1.82) is 0 Å². The zero-order valence-corrected chi connectivity index (χ0v) is 34.4. The average molecular weight is 802 g/mol. The highest BCUT2D eigenvalue weighted by molar-refractivity contribution is 6.13. The van der Waals surface area contributed by atoms with Gasteiger partial charge in [-0.25, -0.2) is 0 Å². The van der Waals surface area contributed by atoms with E-state index in [-0.39, 0.29) is 0 Å². The molecule has 3 heteroatoms. The minimum Gasteiger partial charge on any atom is -0.309 e. The van der Waals surface area contributed by atoms with Crippen LogP contribution in [0.2, 0.25) is 0 Å². The largest absolute Gasteiger partial charge is 0.309 e. The minimum absolute atomic E-state index is 1.14. The van der Waals surface area contributed by atoms with Crippen LogP contribution in [0.5, 0.6) is 0 Å². The molecule has 0 aliphatic heterocycles. The summed E-state index contributed by atoms with van der Waals surface area (Å²) in [4.78, 5) is 0. The Labute approximate surface area is 364 Å². The van der Waals surface area contributed by atoms with Crippen LogP contribution in [0.15, 0.2) is 237 Å². The molecule has 3 nitrogen and oxygen atoms in total. The van der Waals surface area contributed by atoms with Crippen molar-refractivity contribution < 1.29 is 0 Å². The molecule has 0 aliphatic carbocycles. The summed E-state index contributed by atoms with van der Waals surface area (Å²) in [7, 11) is 0. The van der Waals surface area contributed by atoms with Crippen molar-refractivity contribution in [2.24, 2.45) is 0 Å². The first-order valence-electron chi connectivity index (χ1n) is 21.7. The van der Waals surface area contributed by atoms with Gasteiger partial charge in [0, 0.05) is 49.4 Å². The van der Waals surface area contributed by atoms with Gasteiger partial charge in [-0.2, -0.15) is 0 Å². The molecule has 0 saturated carbocycles. The Morgan fingerprint density at radius 3 is 0.778 bits per heavy atom. The van der Waals surface area contributed by atoms with Crippen LogP contribution in [-0.2, 0) is 0 Å². The molecule has 13 aromatic rings. The molecule has 0 amide bonds. The van der Waals surface area contributed by atoms with E-state index >= 15 is 0 Å². The molecule has 10 aromatic carbocycles. The van der Waals surface area contributed by atoms with Crippen molar-refractivity contribution in [3.8, 4) is 50.4 Å². The van der Waals surface area contributed by atoms with Gasteiger partial charge in [0.25, 0.3) is 0 Å². The Bertz CT molecular complexity index is 3540. The topological polar surface area (TPSA) is 14.8 Å². The summed E-state index contributed by atoms with van der Waals surface area (Å²) >= 11 is 0. The number of para-hydroxylation sites is 4. The van der Waals surface area contributed by atoms with Crippen LogP contribution in [-0.4, -0.2) is 13.7 Å². The zero-order chi connectivity index (χ0) is 41.4. The van der Waals surface area contributed by atoms with E-state index in [4.69, 9.17) is 0 Å². The first-order valence-corrected chi connectivity index (χ1v) is 21.7. The molecule has 0 aliphatic rings. The number of nitrogens with zero attached hydrogens (tertiary/aromatic N) is 3. The predicted octanol–water partition coefficient (Wildman–Crippen LogP) is 16.0. The second-order valence-electron chi connectivity index (χ2n) is 16.5. The van der Waals surface area contributed by atoms with Gasteiger partial charge in [-0.15, -0.1) is 0 Å². The van der Waals surface area contributed by atoms with E-state index in [0.717, 1.165) is 17.1 Å². The maximum Gasteiger partial charge on any atom is 0.0541 e. The lowest BCUT2D eigenvalue weighted by Crippen LogP contribution is -1.94. The molecule has 0 atom stereocenters. The van der Waals surface area contributed by atoms with E-state index in [1.54, 1.807) is 0 Å². The highest BCUT2D eigenvalue weighted by Crippen LogP contribution is 2.39. The van der Waals surface area contributed by atoms with E-state index < -0.39 is 0 Å². The maximum atomic E-state index is 2.42. The average Bonchev–Trinajstić information content (AvgIpc) is 4.00. The Morgan fingerprint density at radius 2 is 0.429 bits per heavy atom. The van der Waals surface area contributed by atoms with E-state index in [2.05, 4.69) is 250 Å². The van der Waals surface area contributed by atoms with Crippen LogP contribution >= 0.6 is 0 Å². The second kappa shape index (κ2) is 14.1. The summed E-state index contributed by atoms with van der Waals surface area (Å²) in [5.74, 6) is 0. The van der Waals surface area contributed by atoms with Crippen LogP contribution in [0.1, 0.15) is 0 Å². The van der Waals surface area contributed by atoms with Gasteiger partial charge < -0.3 is 13.7 Å². The quantitative estimate of drug-likeness (QED) is 0.159. The van der Waals surface area contributed by atoms with Crippen molar-refractivity contribution in [2.45, 2.75) is 0 Å². The summed E-state index contributed by atoms with van der Waals surface area (Å²) < 4.78 is 7.18. The molecule has 13 rings (SSSR count). The lowest BCUT2D eigenvalue weighted by Gasteiger charge is -2.11. The number of hydrogen-bond acceptors (Lipinski definition) is 0. The van der Waals surface area contributed by atoms with Gasteiger partial charge in [-0.3, -0.25) is 0 Å². The molecule has 294 valence electrons. The molecule has 63 heavy (non-hydrogen) atoms. The van der Waals surface area contributed by atoms with Gasteiger partial charge in [0.1, 0.15) is 0 Å². The molecular formula is C60H39N3. The standard InChI is InChI=1S/C60H39N3/c1-2-12-40(13-3-1)41-22-30-48(31-23-41)63-59-36-28-44(42-24-32-46(33-25-42)61-55-18-8-4-14-49(55)50-15-5-9-19-56(50)61)38-53(59)54-39-45(29-37-60(54)63)43-26-34-47(35-27-43)62-57-20-10-6-16-51(57)52-17-7-11-21-58(52)62/h1-39H. The number of benzene rings is 10. The molecule has 0 N–H and O–H groups in total. The van der Waals surface area contributed by atoms with Gasteiger partial charge in [-0.1, -0.05) is 152 Å². The number of fused-ring (bicyclic) bond motifs is 9. The van der Waals surface area contributed by atoms with Crippen molar-refractivity contribution in [3.63, 3.8) is 0 Å². The first kappa shape index (κ1) is 35.4. The SMILES string of the molecule is c1ccc(-c2ccc(-n3c4ccc(-c5ccc(-n6c7ccccc7c7ccccc76)cc5)cc4c4cc(-c5ccc(-n6c7ccccc7c7ccccc76)cc5)ccc43)cc2)cc1. The highest BCUT2D eigenvalue weighted by Gasteiger charge is 2.17. The van der Waals surface area contributed by atoms with Crippen LogP contribution in [0, 0.1) is 0 Å². The normalized spacial score (nSPS) is 11.8. The number of hydrogen-bond donors (Lipinski definition) is 0. The monoisotopic (exact) mass is 801 g/mol. The molecule has 0 unspecified atom stereocenters. The Balaban J connectivity index is 0.933.